The molecule has 0 saturated carbocycles. The van der Waals surface area contributed by atoms with E-state index < -0.39 is 17.7 Å². The number of hydrogen-bond acceptors (Lipinski definition) is 2. The minimum atomic E-state index is -0.951. The van der Waals surface area contributed by atoms with Gasteiger partial charge in [0.25, 0.3) is 0 Å². The Labute approximate surface area is 93.1 Å². The lowest BCUT2D eigenvalue weighted by Crippen LogP contribution is -2.12. The van der Waals surface area contributed by atoms with Crippen LogP contribution < -0.4 is 5.73 Å². The Hall–Kier alpha value is -1.18. The molecule has 0 bridgehead atoms. The highest BCUT2D eigenvalue weighted by Gasteiger charge is 2.15. The third-order valence-electron chi connectivity index (χ3n) is 2.02. The van der Waals surface area contributed by atoms with Gasteiger partial charge in [0.1, 0.15) is 0 Å². The van der Waals surface area contributed by atoms with Gasteiger partial charge in [-0.3, -0.25) is 0 Å². The summed E-state index contributed by atoms with van der Waals surface area (Å²) in [6.07, 6.45) is -0.0284. The highest BCUT2D eigenvalue weighted by molar-refractivity contribution is 5.85. The second-order valence-electron chi connectivity index (χ2n) is 3.07. The maximum Gasteiger partial charge on any atom is 0.163 e. The van der Waals surface area contributed by atoms with Crippen LogP contribution in [0.4, 0.5) is 8.78 Å². The first-order valence-corrected chi connectivity index (χ1v) is 4.15. The Kier molecular flexibility index (Phi) is 5.20. The summed E-state index contributed by atoms with van der Waals surface area (Å²) in [4.78, 5) is 0. The van der Waals surface area contributed by atoms with Crippen molar-refractivity contribution in [3.05, 3.63) is 34.9 Å². The van der Waals surface area contributed by atoms with E-state index >= 15 is 0 Å². The van der Waals surface area contributed by atoms with Crippen LogP contribution in [0.5, 0.6) is 0 Å². The number of nitrogens with two attached hydrogens (primary N) is 1. The molecule has 0 saturated heterocycles. The van der Waals surface area contributed by atoms with Crippen molar-refractivity contribution in [3.8, 4) is 6.07 Å². The molecule has 2 nitrogen and oxygen atoms in total. The Morgan fingerprint density at radius 3 is 2.53 bits per heavy atom. The van der Waals surface area contributed by atoms with Crippen LogP contribution in [0.2, 0.25) is 0 Å². The van der Waals surface area contributed by atoms with Crippen molar-refractivity contribution in [2.75, 3.05) is 0 Å². The van der Waals surface area contributed by atoms with Crippen molar-refractivity contribution >= 4 is 12.4 Å². The van der Waals surface area contributed by atoms with Crippen molar-refractivity contribution < 1.29 is 8.78 Å². The molecule has 1 atom stereocenters. The highest BCUT2D eigenvalue weighted by atomic mass is 35.5. The second-order valence-corrected chi connectivity index (χ2v) is 3.07. The molecule has 1 aromatic carbocycles. The summed E-state index contributed by atoms with van der Waals surface area (Å²) in [6, 6.07) is 3.91. The van der Waals surface area contributed by atoms with Gasteiger partial charge in [0.05, 0.1) is 12.5 Å². The quantitative estimate of drug-likeness (QED) is 0.852. The van der Waals surface area contributed by atoms with E-state index in [9.17, 15) is 8.78 Å². The molecule has 0 spiro atoms. The van der Waals surface area contributed by atoms with Crippen molar-refractivity contribution in [3.63, 3.8) is 0 Å². The third kappa shape index (κ3) is 2.88. The van der Waals surface area contributed by atoms with Crippen molar-refractivity contribution in [2.24, 2.45) is 5.73 Å². The van der Waals surface area contributed by atoms with Gasteiger partial charge < -0.3 is 5.73 Å². The van der Waals surface area contributed by atoms with Gasteiger partial charge in [-0.05, 0) is 12.5 Å². The maximum absolute atomic E-state index is 13.3. The first-order chi connectivity index (χ1) is 6.57. The fourth-order valence-electron chi connectivity index (χ4n) is 1.16. The number of aryl methyl sites for hydroxylation is 1. The predicted octanol–water partition coefficient (Wildman–Crippen LogP) is 2.61. The van der Waals surface area contributed by atoms with E-state index in [1.165, 1.54) is 19.1 Å². The molecule has 0 amide bonds. The van der Waals surface area contributed by atoms with Crippen LogP contribution in [0, 0.1) is 29.9 Å². The lowest BCUT2D eigenvalue weighted by atomic mass is 10.0. The lowest BCUT2D eigenvalue weighted by Gasteiger charge is -2.10. The number of nitrogens with zero attached hydrogens (tertiary/aromatic N) is 1. The summed E-state index contributed by atoms with van der Waals surface area (Å²) >= 11 is 0. The summed E-state index contributed by atoms with van der Waals surface area (Å²) in [5, 5.41) is 8.37. The smallest absolute Gasteiger partial charge is 0.163 e. The molecular formula is C10H11ClF2N2. The molecule has 0 radical (unpaired) electrons. The predicted molar refractivity (Wildman–Crippen MR) is 55.5 cm³/mol. The van der Waals surface area contributed by atoms with Gasteiger partial charge in [0.15, 0.2) is 11.6 Å². The zero-order valence-electron chi connectivity index (χ0n) is 8.13. The molecule has 0 aliphatic heterocycles. The summed E-state index contributed by atoms with van der Waals surface area (Å²) in [5.41, 5.74) is 5.78. The van der Waals surface area contributed by atoms with Crippen LogP contribution in [0.1, 0.15) is 23.6 Å². The molecule has 0 unspecified atom stereocenters. The third-order valence-corrected chi connectivity index (χ3v) is 2.02. The monoisotopic (exact) mass is 232 g/mol. The van der Waals surface area contributed by atoms with Crippen LogP contribution in [0.15, 0.2) is 12.1 Å². The summed E-state index contributed by atoms with van der Waals surface area (Å²) in [5.74, 6) is -1.84. The summed E-state index contributed by atoms with van der Waals surface area (Å²) < 4.78 is 26.4. The van der Waals surface area contributed by atoms with Gasteiger partial charge in [-0.1, -0.05) is 12.1 Å². The number of halogens is 3. The Balaban J connectivity index is 0.00000196. The van der Waals surface area contributed by atoms with Crippen LogP contribution in [-0.2, 0) is 0 Å². The second kappa shape index (κ2) is 5.64. The topological polar surface area (TPSA) is 49.8 Å². The van der Waals surface area contributed by atoms with Gasteiger partial charge in [-0.15, -0.1) is 12.4 Å². The molecule has 0 aromatic heterocycles. The largest absolute Gasteiger partial charge is 0.323 e. The first kappa shape index (κ1) is 13.8. The molecule has 5 heteroatoms. The van der Waals surface area contributed by atoms with Crippen LogP contribution in [-0.4, -0.2) is 0 Å². The molecular weight excluding hydrogens is 222 g/mol. The van der Waals surface area contributed by atoms with E-state index in [1.54, 1.807) is 0 Å². The van der Waals surface area contributed by atoms with Gasteiger partial charge in [-0.2, -0.15) is 5.26 Å². The molecule has 15 heavy (non-hydrogen) atoms. The maximum atomic E-state index is 13.3. The molecule has 1 rings (SSSR count). The van der Waals surface area contributed by atoms with Gasteiger partial charge in [-0.25, -0.2) is 8.78 Å². The average molecular weight is 233 g/mol. The molecule has 1 aromatic rings. The van der Waals surface area contributed by atoms with E-state index in [4.69, 9.17) is 11.0 Å². The van der Waals surface area contributed by atoms with E-state index in [0.29, 0.717) is 0 Å². The van der Waals surface area contributed by atoms with E-state index in [0.717, 1.165) is 0 Å². The van der Waals surface area contributed by atoms with Gasteiger partial charge in [0, 0.05) is 11.6 Å². The minimum absolute atomic E-state index is 0. The number of rotatable bonds is 2. The van der Waals surface area contributed by atoms with Crippen LogP contribution in [0.3, 0.4) is 0 Å². The summed E-state index contributed by atoms with van der Waals surface area (Å²) in [6.45, 7) is 1.47. The Morgan fingerprint density at radius 2 is 2.00 bits per heavy atom. The average Bonchev–Trinajstić information content (AvgIpc) is 2.15. The highest BCUT2D eigenvalue weighted by Crippen LogP contribution is 2.21. The van der Waals surface area contributed by atoms with E-state index in [1.807, 2.05) is 6.07 Å². The van der Waals surface area contributed by atoms with E-state index in [2.05, 4.69) is 0 Å². The molecule has 0 fully saturated rings. The fourth-order valence-corrected chi connectivity index (χ4v) is 1.16. The molecule has 0 aliphatic carbocycles. The minimum Gasteiger partial charge on any atom is -0.323 e. The van der Waals surface area contributed by atoms with E-state index in [-0.39, 0.29) is 30.0 Å². The molecule has 82 valence electrons. The Morgan fingerprint density at radius 1 is 1.40 bits per heavy atom. The number of hydrogen-bond donors (Lipinski definition) is 1. The normalized spacial score (nSPS) is 11.4. The number of benzene rings is 1. The standard InChI is InChI=1S/C10H10F2N2.ClH/c1-6-2-3-7(8(14)4-5-13)10(12)9(6)11;/h2-3,8H,4,14H2,1H3;1H/t8-;/m1./s1. The van der Waals surface area contributed by atoms with Crippen LogP contribution in [0.25, 0.3) is 0 Å². The molecule has 0 heterocycles. The Bertz CT molecular complexity index is 388. The zero-order valence-corrected chi connectivity index (χ0v) is 8.94. The van der Waals surface area contributed by atoms with Crippen molar-refractivity contribution in [2.45, 2.75) is 19.4 Å². The van der Waals surface area contributed by atoms with Crippen molar-refractivity contribution in [1.29, 1.82) is 5.26 Å². The SMILES string of the molecule is Cc1ccc([C@H](N)CC#N)c(F)c1F.Cl. The molecule has 2 N–H and O–H groups in total. The molecule has 0 aliphatic rings. The zero-order chi connectivity index (χ0) is 10.7. The fraction of sp³-hybridized carbons (Fsp3) is 0.300. The van der Waals surface area contributed by atoms with Gasteiger partial charge >= 0.3 is 0 Å². The van der Waals surface area contributed by atoms with Crippen LogP contribution >= 0.6 is 12.4 Å². The number of nitriles is 1. The first-order valence-electron chi connectivity index (χ1n) is 4.15. The van der Waals surface area contributed by atoms with Gasteiger partial charge in [0.2, 0.25) is 0 Å². The summed E-state index contributed by atoms with van der Waals surface area (Å²) in [7, 11) is 0. The lowest BCUT2D eigenvalue weighted by molar-refractivity contribution is 0.484. The van der Waals surface area contributed by atoms with Crippen molar-refractivity contribution in [1.82, 2.24) is 0 Å².